The smallest absolute Gasteiger partial charge is 0.338 e. The van der Waals surface area contributed by atoms with E-state index < -0.39 is 5.97 Å². The topological polar surface area (TPSA) is 44.8 Å². The molecular weight excluding hydrogens is 351 g/mol. The van der Waals surface area contributed by atoms with Crippen LogP contribution in [0.5, 0.6) is 11.5 Å². The zero-order valence-electron chi connectivity index (χ0n) is 13.1. The number of hydrogen-bond donors (Lipinski definition) is 0. The van der Waals surface area contributed by atoms with Crippen molar-refractivity contribution < 1.29 is 19.0 Å². The lowest BCUT2D eigenvalue weighted by molar-refractivity contribution is 0.0549. The van der Waals surface area contributed by atoms with Gasteiger partial charge in [-0.1, -0.05) is 41.9 Å². The Morgan fingerprint density at radius 2 is 1.92 bits per heavy atom. The third-order valence-corrected chi connectivity index (χ3v) is 3.85. The Hall–Kier alpha value is -2.17. The molecule has 0 fully saturated rings. The minimum atomic E-state index is -0.454. The van der Waals surface area contributed by atoms with Crippen LogP contribution in [0.2, 0.25) is 10.0 Å². The summed E-state index contributed by atoms with van der Waals surface area (Å²) in [5.41, 5.74) is 1.23. The summed E-state index contributed by atoms with van der Waals surface area (Å²) < 4.78 is 16.0. The highest BCUT2D eigenvalue weighted by atomic mass is 35.5. The number of ether oxygens (including phenoxy) is 3. The zero-order valence-corrected chi connectivity index (χ0v) is 14.6. The summed E-state index contributed by atoms with van der Waals surface area (Å²) in [4.78, 5) is 11.8. The Bertz CT molecular complexity index is 744. The average Bonchev–Trinajstić information content (AvgIpc) is 2.60. The molecule has 2 aromatic rings. The molecule has 0 aromatic heterocycles. The summed E-state index contributed by atoms with van der Waals surface area (Å²) in [7, 11) is 1.50. The Morgan fingerprint density at radius 3 is 2.58 bits per heavy atom. The van der Waals surface area contributed by atoms with Gasteiger partial charge in [0.05, 0.1) is 22.7 Å². The van der Waals surface area contributed by atoms with E-state index in [1.165, 1.54) is 13.2 Å². The molecule has 0 aliphatic heterocycles. The van der Waals surface area contributed by atoms with Gasteiger partial charge in [-0.15, -0.1) is 0 Å². The van der Waals surface area contributed by atoms with E-state index in [0.29, 0.717) is 27.1 Å². The molecule has 6 heteroatoms. The minimum absolute atomic E-state index is 0.150. The van der Waals surface area contributed by atoms with Crippen LogP contribution in [-0.2, 0) is 11.3 Å². The molecule has 0 saturated carbocycles. The van der Waals surface area contributed by atoms with E-state index in [1.54, 1.807) is 30.3 Å². The highest BCUT2D eigenvalue weighted by molar-refractivity contribution is 6.42. The fourth-order valence-corrected chi connectivity index (χ4v) is 2.24. The fraction of sp³-hybridized carbons (Fsp3) is 0.167. The number of rotatable bonds is 7. The molecule has 0 saturated heterocycles. The summed E-state index contributed by atoms with van der Waals surface area (Å²) in [6.07, 6.45) is 1.50. The van der Waals surface area contributed by atoms with Gasteiger partial charge in [-0.25, -0.2) is 4.79 Å². The largest absolute Gasteiger partial charge is 0.493 e. The molecule has 126 valence electrons. The maximum Gasteiger partial charge on any atom is 0.338 e. The third-order valence-electron chi connectivity index (χ3n) is 3.11. The van der Waals surface area contributed by atoms with Crippen molar-refractivity contribution >= 4 is 29.2 Å². The monoisotopic (exact) mass is 366 g/mol. The van der Waals surface area contributed by atoms with E-state index in [-0.39, 0.29) is 13.2 Å². The van der Waals surface area contributed by atoms with Gasteiger partial charge in [0, 0.05) is 0 Å². The zero-order chi connectivity index (χ0) is 17.5. The lowest BCUT2D eigenvalue weighted by atomic mass is 10.2. The Kier molecular flexibility index (Phi) is 6.53. The first kappa shape index (κ1) is 18.2. The molecular formula is C18H16Cl2O4. The summed E-state index contributed by atoms with van der Waals surface area (Å²) in [6, 6.07) is 10.1. The minimum Gasteiger partial charge on any atom is -0.493 e. The molecule has 2 aromatic carbocycles. The number of carbonyl (C=O) groups is 1. The fourth-order valence-electron chi connectivity index (χ4n) is 1.92. The molecule has 0 atom stereocenters. The maximum atomic E-state index is 11.8. The van der Waals surface area contributed by atoms with Crippen molar-refractivity contribution in [3.63, 3.8) is 0 Å². The van der Waals surface area contributed by atoms with E-state index in [9.17, 15) is 4.79 Å². The Labute approximate surface area is 150 Å². The van der Waals surface area contributed by atoms with Gasteiger partial charge in [0.2, 0.25) is 0 Å². The van der Waals surface area contributed by atoms with Crippen LogP contribution in [0.4, 0.5) is 0 Å². The molecule has 4 nitrogen and oxygen atoms in total. The number of methoxy groups -OCH3 is 1. The third kappa shape index (κ3) is 4.66. The van der Waals surface area contributed by atoms with Crippen molar-refractivity contribution in [3.8, 4) is 11.5 Å². The normalized spacial score (nSPS) is 10.1. The van der Waals surface area contributed by atoms with Crippen molar-refractivity contribution in [1.29, 1.82) is 0 Å². The molecule has 0 aliphatic carbocycles. The van der Waals surface area contributed by atoms with Crippen LogP contribution in [0.25, 0.3) is 0 Å². The van der Waals surface area contributed by atoms with Gasteiger partial charge in [-0.3, -0.25) is 0 Å². The standard InChI is InChI=1S/C18H16Cl2O4/c1-3-8-23-18(21)13-5-7-16(17(10-13)22-2)24-11-12-4-6-14(19)15(20)9-12/h3-7,9-10H,1,8,11H2,2H3. The summed E-state index contributed by atoms with van der Waals surface area (Å²) in [5, 5.41) is 0.949. The van der Waals surface area contributed by atoms with E-state index in [4.69, 9.17) is 37.4 Å². The molecule has 2 rings (SSSR count). The highest BCUT2D eigenvalue weighted by Crippen LogP contribution is 2.30. The van der Waals surface area contributed by atoms with Gasteiger partial charge in [-0.05, 0) is 35.9 Å². The first-order valence-corrected chi connectivity index (χ1v) is 7.83. The molecule has 0 radical (unpaired) electrons. The van der Waals surface area contributed by atoms with Crippen LogP contribution < -0.4 is 9.47 Å². The maximum absolute atomic E-state index is 11.8. The van der Waals surface area contributed by atoms with Gasteiger partial charge >= 0.3 is 5.97 Å². The lowest BCUT2D eigenvalue weighted by Gasteiger charge is -2.12. The predicted octanol–water partition coefficient (Wildman–Crippen LogP) is 4.92. The first-order chi connectivity index (χ1) is 11.5. The molecule has 0 bridgehead atoms. The summed E-state index contributed by atoms with van der Waals surface area (Å²) >= 11 is 11.9. The highest BCUT2D eigenvalue weighted by Gasteiger charge is 2.12. The molecule has 0 unspecified atom stereocenters. The molecule has 0 N–H and O–H groups in total. The number of hydrogen-bond acceptors (Lipinski definition) is 4. The van der Waals surface area contributed by atoms with Gasteiger partial charge in [0.15, 0.2) is 11.5 Å². The second-order valence-electron chi connectivity index (χ2n) is 4.79. The van der Waals surface area contributed by atoms with Gasteiger partial charge in [0.25, 0.3) is 0 Å². The number of halogens is 2. The molecule has 0 heterocycles. The Balaban J connectivity index is 2.10. The van der Waals surface area contributed by atoms with Gasteiger partial charge in [0.1, 0.15) is 13.2 Å². The van der Waals surface area contributed by atoms with Crippen molar-refractivity contribution in [3.05, 3.63) is 70.2 Å². The first-order valence-electron chi connectivity index (χ1n) is 7.08. The SMILES string of the molecule is C=CCOC(=O)c1ccc(OCc2ccc(Cl)c(Cl)c2)c(OC)c1. The Morgan fingerprint density at radius 1 is 1.12 bits per heavy atom. The molecule has 0 aliphatic rings. The van der Waals surface area contributed by atoms with Crippen LogP contribution in [0.1, 0.15) is 15.9 Å². The molecule has 24 heavy (non-hydrogen) atoms. The summed E-state index contributed by atoms with van der Waals surface area (Å²) in [6.45, 7) is 3.93. The van der Waals surface area contributed by atoms with Crippen LogP contribution in [-0.4, -0.2) is 19.7 Å². The van der Waals surface area contributed by atoms with E-state index in [1.807, 2.05) is 6.07 Å². The van der Waals surface area contributed by atoms with Crippen molar-refractivity contribution in [2.24, 2.45) is 0 Å². The predicted molar refractivity (Wildman–Crippen MR) is 94.3 cm³/mol. The number of esters is 1. The number of carbonyl (C=O) groups excluding carboxylic acids is 1. The van der Waals surface area contributed by atoms with Crippen LogP contribution in [0.15, 0.2) is 49.1 Å². The molecule has 0 amide bonds. The van der Waals surface area contributed by atoms with Crippen LogP contribution in [0, 0.1) is 0 Å². The van der Waals surface area contributed by atoms with Crippen LogP contribution >= 0.6 is 23.2 Å². The van der Waals surface area contributed by atoms with Crippen LogP contribution in [0.3, 0.4) is 0 Å². The van der Waals surface area contributed by atoms with Gasteiger partial charge in [-0.2, -0.15) is 0 Å². The van der Waals surface area contributed by atoms with Crippen molar-refractivity contribution in [2.45, 2.75) is 6.61 Å². The van der Waals surface area contributed by atoms with E-state index in [0.717, 1.165) is 5.56 Å². The second-order valence-corrected chi connectivity index (χ2v) is 5.60. The van der Waals surface area contributed by atoms with Gasteiger partial charge < -0.3 is 14.2 Å². The van der Waals surface area contributed by atoms with E-state index >= 15 is 0 Å². The molecule has 0 spiro atoms. The van der Waals surface area contributed by atoms with Crippen molar-refractivity contribution in [2.75, 3.05) is 13.7 Å². The quantitative estimate of drug-likeness (QED) is 0.515. The van der Waals surface area contributed by atoms with E-state index in [2.05, 4.69) is 6.58 Å². The average molecular weight is 367 g/mol. The lowest BCUT2D eigenvalue weighted by Crippen LogP contribution is -2.06. The second kappa shape index (κ2) is 8.62. The summed E-state index contributed by atoms with van der Waals surface area (Å²) in [5.74, 6) is 0.483. The van der Waals surface area contributed by atoms with Crippen molar-refractivity contribution in [1.82, 2.24) is 0 Å². The number of benzene rings is 2.